The molecule has 30 heavy (non-hydrogen) atoms. The van der Waals surface area contributed by atoms with Crippen LogP contribution in [0.1, 0.15) is 25.0 Å². The van der Waals surface area contributed by atoms with Crippen LogP contribution in [0.4, 0.5) is 0 Å². The first-order chi connectivity index (χ1) is 14.4. The summed E-state index contributed by atoms with van der Waals surface area (Å²) < 4.78 is 16.2. The molecular formula is C23H30N2O5. The van der Waals surface area contributed by atoms with Gasteiger partial charge in [0.1, 0.15) is 23.3 Å². The predicted molar refractivity (Wildman–Crippen MR) is 115 cm³/mol. The summed E-state index contributed by atoms with van der Waals surface area (Å²) in [5, 5.41) is 2.78. The highest BCUT2D eigenvalue weighted by atomic mass is 16.5. The van der Waals surface area contributed by atoms with Crippen molar-refractivity contribution in [2.75, 3.05) is 27.4 Å². The van der Waals surface area contributed by atoms with Gasteiger partial charge in [0.2, 0.25) is 5.91 Å². The van der Waals surface area contributed by atoms with Crippen molar-refractivity contribution in [2.24, 2.45) is 0 Å². The molecule has 7 nitrogen and oxygen atoms in total. The van der Waals surface area contributed by atoms with Crippen LogP contribution in [0.2, 0.25) is 0 Å². The van der Waals surface area contributed by atoms with Crippen molar-refractivity contribution in [3.63, 3.8) is 0 Å². The quantitative estimate of drug-likeness (QED) is 0.647. The molecule has 0 saturated heterocycles. The van der Waals surface area contributed by atoms with E-state index >= 15 is 0 Å². The van der Waals surface area contributed by atoms with Crippen LogP contribution in [0.3, 0.4) is 0 Å². The van der Waals surface area contributed by atoms with Crippen molar-refractivity contribution in [3.05, 3.63) is 53.6 Å². The second-order valence-corrected chi connectivity index (χ2v) is 6.92. The number of rotatable bonds is 10. The van der Waals surface area contributed by atoms with E-state index < -0.39 is 6.04 Å². The summed E-state index contributed by atoms with van der Waals surface area (Å²) in [6.45, 7) is 6.14. The van der Waals surface area contributed by atoms with Gasteiger partial charge in [0.15, 0.2) is 6.61 Å². The lowest BCUT2D eigenvalue weighted by Gasteiger charge is -2.28. The van der Waals surface area contributed by atoms with Gasteiger partial charge in [-0.15, -0.1) is 0 Å². The molecule has 0 aromatic heterocycles. The van der Waals surface area contributed by atoms with Gasteiger partial charge in [0.25, 0.3) is 5.91 Å². The van der Waals surface area contributed by atoms with Gasteiger partial charge < -0.3 is 24.4 Å². The van der Waals surface area contributed by atoms with E-state index in [0.717, 1.165) is 11.1 Å². The van der Waals surface area contributed by atoms with Crippen molar-refractivity contribution in [1.82, 2.24) is 10.2 Å². The Balaban J connectivity index is 2.18. The molecule has 0 spiro atoms. The van der Waals surface area contributed by atoms with Gasteiger partial charge in [-0.3, -0.25) is 9.59 Å². The summed E-state index contributed by atoms with van der Waals surface area (Å²) in [7, 11) is 3.09. The monoisotopic (exact) mass is 414 g/mol. The van der Waals surface area contributed by atoms with Gasteiger partial charge in [-0.1, -0.05) is 29.8 Å². The van der Waals surface area contributed by atoms with Gasteiger partial charge in [-0.25, -0.2) is 0 Å². The summed E-state index contributed by atoms with van der Waals surface area (Å²) >= 11 is 0. The van der Waals surface area contributed by atoms with Crippen LogP contribution < -0.4 is 19.5 Å². The molecule has 0 aliphatic heterocycles. The number of aryl methyl sites for hydroxylation is 1. The molecule has 0 aliphatic rings. The molecule has 0 saturated carbocycles. The summed E-state index contributed by atoms with van der Waals surface area (Å²) in [6, 6.07) is 12.3. The number of likely N-dealkylation sites (N-methyl/N-ethyl adjacent to an activating group) is 1. The Labute approximate surface area is 177 Å². The van der Waals surface area contributed by atoms with E-state index in [9.17, 15) is 9.59 Å². The van der Waals surface area contributed by atoms with Gasteiger partial charge in [0.05, 0.1) is 14.2 Å². The molecule has 2 aromatic rings. The van der Waals surface area contributed by atoms with Gasteiger partial charge >= 0.3 is 0 Å². The van der Waals surface area contributed by atoms with E-state index in [1.54, 1.807) is 39.3 Å². The molecule has 0 heterocycles. The molecule has 0 aliphatic carbocycles. The highest BCUT2D eigenvalue weighted by molar-refractivity contribution is 5.87. The topological polar surface area (TPSA) is 77.1 Å². The second-order valence-electron chi connectivity index (χ2n) is 6.92. The van der Waals surface area contributed by atoms with Crippen LogP contribution in [0.25, 0.3) is 0 Å². The van der Waals surface area contributed by atoms with Gasteiger partial charge in [0, 0.05) is 31.3 Å². The summed E-state index contributed by atoms with van der Waals surface area (Å²) in [5.74, 6) is 1.06. The number of hydrogen-bond acceptors (Lipinski definition) is 5. The third-order valence-corrected chi connectivity index (χ3v) is 4.64. The zero-order chi connectivity index (χ0) is 22.1. The molecule has 0 radical (unpaired) electrons. The molecule has 1 N–H and O–H groups in total. The minimum Gasteiger partial charge on any atom is -0.496 e. The molecule has 2 amide bonds. The van der Waals surface area contributed by atoms with Crippen molar-refractivity contribution >= 4 is 11.8 Å². The first-order valence-electron chi connectivity index (χ1n) is 9.86. The molecule has 7 heteroatoms. The maximum Gasteiger partial charge on any atom is 0.261 e. The van der Waals surface area contributed by atoms with Crippen molar-refractivity contribution < 1.29 is 23.8 Å². The van der Waals surface area contributed by atoms with E-state index in [-0.39, 0.29) is 18.4 Å². The minimum absolute atomic E-state index is 0.207. The van der Waals surface area contributed by atoms with Crippen LogP contribution in [0.15, 0.2) is 42.5 Å². The van der Waals surface area contributed by atoms with Crippen molar-refractivity contribution in [1.29, 1.82) is 0 Å². The highest BCUT2D eigenvalue weighted by Crippen LogP contribution is 2.27. The number of nitrogens with one attached hydrogen (secondary N) is 1. The number of hydrogen-bond donors (Lipinski definition) is 1. The lowest BCUT2D eigenvalue weighted by molar-refractivity contribution is -0.142. The Morgan fingerprint density at radius 3 is 2.23 bits per heavy atom. The lowest BCUT2D eigenvalue weighted by Crippen LogP contribution is -2.49. The van der Waals surface area contributed by atoms with Gasteiger partial charge in [-0.05, 0) is 26.3 Å². The smallest absolute Gasteiger partial charge is 0.261 e. The molecule has 2 rings (SSSR count). The highest BCUT2D eigenvalue weighted by Gasteiger charge is 2.26. The van der Waals surface area contributed by atoms with Crippen LogP contribution in [-0.2, 0) is 16.1 Å². The number of benzene rings is 2. The molecule has 1 unspecified atom stereocenters. The first kappa shape index (κ1) is 23.1. The third kappa shape index (κ3) is 6.40. The summed E-state index contributed by atoms with van der Waals surface area (Å²) in [5.41, 5.74) is 2.04. The normalized spacial score (nSPS) is 11.4. The van der Waals surface area contributed by atoms with E-state index in [4.69, 9.17) is 14.2 Å². The van der Waals surface area contributed by atoms with E-state index in [0.29, 0.717) is 30.3 Å². The molecule has 0 bridgehead atoms. The fraction of sp³-hybridized carbons (Fsp3) is 0.391. The zero-order valence-electron chi connectivity index (χ0n) is 18.2. The maximum atomic E-state index is 13.0. The maximum absolute atomic E-state index is 13.0. The van der Waals surface area contributed by atoms with Crippen molar-refractivity contribution in [3.8, 4) is 17.2 Å². The molecule has 162 valence electrons. The molecule has 2 aromatic carbocycles. The standard InChI is InChI=1S/C23H30N2O5/c1-6-24-23(27)17(3)25(14-18-9-7-8-16(2)10-18)22(26)15-30-21-12-19(28-4)11-20(13-21)29-5/h7-13,17H,6,14-15H2,1-5H3,(H,24,27). The van der Waals surface area contributed by atoms with Crippen LogP contribution in [0, 0.1) is 6.92 Å². The largest absolute Gasteiger partial charge is 0.496 e. The fourth-order valence-electron chi connectivity index (χ4n) is 3.00. The fourth-order valence-corrected chi connectivity index (χ4v) is 3.00. The molecular weight excluding hydrogens is 384 g/mol. The average molecular weight is 415 g/mol. The number of nitrogens with zero attached hydrogens (tertiary/aromatic N) is 1. The first-order valence-corrected chi connectivity index (χ1v) is 9.86. The number of amides is 2. The van der Waals surface area contributed by atoms with Crippen LogP contribution >= 0.6 is 0 Å². The summed E-state index contributed by atoms with van der Waals surface area (Å²) in [6.07, 6.45) is 0. The predicted octanol–water partition coefficient (Wildman–Crippen LogP) is 2.94. The Hall–Kier alpha value is -3.22. The number of carbonyl (C=O) groups excluding carboxylic acids is 2. The Kier molecular flexibility index (Phi) is 8.53. The number of ether oxygens (including phenoxy) is 3. The SMILES string of the molecule is CCNC(=O)C(C)N(Cc1cccc(C)c1)C(=O)COc1cc(OC)cc(OC)c1. The Morgan fingerprint density at radius 1 is 1.03 bits per heavy atom. The number of methoxy groups -OCH3 is 2. The average Bonchev–Trinajstić information content (AvgIpc) is 2.75. The van der Waals surface area contributed by atoms with E-state index in [1.807, 2.05) is 38.1 Å². The zero-order valence-corrected chi connectivity index (χ0v) is 18.2. The molecule has 1 atom stereocenters. The Morgan fingerprint density at radius 2 is 1.67 bits per heavy atom. The minimum atomic E-state index is -0.638. The molecule has 0 fully saturated rings. The van der Waals surface area contributed by atoms with E-state index in [2.05, 4.69) is 5.32 Å². The second kappa shape index (κ2) is 11.1. The van der Waals surface area contributed by atoms with Crippen LogP contribution in [0.5, 0.6) is 17.2 Å². The van der Waals surface area contributed by atoms with E-state index in [1.165, 1.54) is 4.90 Å². The summed E-state index contributed by atoms with van der Waals surface area (Å²) in [4.78, 5) is 27.0. The van der Waals surface area contributed by atoms with Gasteiger partial charge in [-0.2, -0.15) is 0 Å². The van der Waals surface area contributed by atoms with Crippen molar-refractivity contribution in [2.45, 2.75) is 33.4 Å². The number of carbonyl (C=O) groups is 2. The third-order valence-electron chi connectivity index (χ3n) is 4.64. The van der Waals surface area contributed by atoms with Crippen LogP contribution in [-0.4, -0.2) is 50.1 Å². The Bertz CT molecular complexity index is 846. The lowest BCUT2D eigenvalue weighted by atomic mass is 10.1.